The molecule has 19 heavy (non-hydrogen) atoms. The average molecular weight is 268 g/mol. The number of aliphatic hydroxyl groups is 1. The fraction of sp³-hybridized carbons (Fsp3) is 0.600. The number of hydrogen-bond donors (Lipinski definition) is 2. The van der Waals surface area contributed by atoms with E-state index >= 15 is 0 Å². The summed E-state index contributed by atoms with van der Waals surface area (Å²) in [5.41, 5.74) is 1.57. The van der Waals surface area contributed by atoms with Crippen molar-refractivity contribution in [1.82, 2.24) is 5.32 Å². The number of benzene rings is 1. The van der Waals surface area contributed by atoms with Crippen LogP contribution in [0.2, 0.25) is 0 Å². The number of halogens is 1. The first-order chi connectivity index (χ1) is 8.91. The predicted octanol–water partition coefficient (Wildman–Crippen LogP) is 2.53. The molecule has 0 bridgehead atoms. The van der Waals surface area contributed by atoms with Gasteiger partial charge in [0.25, 0.3) is 0 Å². The minimum absolute atomic E-state index is 0.186. The van der Waals surface area contributed by atoms with E-state index in [1.807, 2.05) is 31.9 Å². The average Bonchev–Trinajstić information content (AvgIpc) is 2.33. The Bertz CT molecular complexity index is 394. The highest BCUT2D eigenvalue weighted by molar-refractivity contribution is 5.53. The number of aliphatic hydroxyl groups excluding tert-OH is 1. The Morgan fingerprint density at radius 2 is 2.00 bits per heavy atom. The van der Waals surface area contributed by atoms with Crippen LogP contribution < -0.4 is 10.2 Å². The topological polar surface area (TPSA) is 35.5 Å². The predicted molar refractivity (Wildman–Crippen MR) is 77.9 cm³/mol. The molecule has 108 valence electrons. The maximum absolute atomic E-state index is 13.9. The molecule has 0 radical (unpaired) electrons. The summed E-state index contributed by atoms with van der Waals surface area (Å²) >= 11 is 0. The summed E-state index contributed by atoms with van der Waals surface area (Å²) in [5.74, 6) is -0.186. The summed E-state index contributed by atoms with van der Waals surface area (Å²) in [4.78, 5) is 1.99. The van der Waals surface area contributed by atoms with Gasteiger partial charge in [0.15, 0.2) is 0 Å². The molecule has 0 aromatic heterocycles. The molecule has 0 aliphatic rings. The van der Waals surface area contributed by atoms with E-state index in [0.29, 0.717) is 31.1 Å². The quantitative estimate of drug-likeness (QED) is 0.797. The molecule has 0 aliphatic heterocycles. The molecule has 1 unspecified atom stereocenters. The largest absolute Gasteiger partial charge is 0.393 e. The first-order valence-corrected chi connectivity index (χ1v) is 6.81. The molecule has 0 aliphatic carbocycles. The molecule has 0 heterocycles. The van der Waals surface area contributed by atoms with Gasteiger partial charge in [0, 0.05) is 37.4 Å². The first-order valence-electron chi connectivity index (χ1n) is 6.81. The monoisotopic (exact) mass is 268 g/mol. The highest BCUT2D eigenvalue weighted by atomic mass is 19.1. The van der Waals surface area contributed by atoms with Crippen LogP contribution in [0.15, 0.2) is 18.2 Å². The molecular formula is C15H25FN2O. The third kappa shape index (κ3) is 5.17. The van der Waals surface area contributed by atoms with Crippen LogP contribution in [-0.2, 0) is 6.54 Å². The zero-order valence-corrected chi connectivity index (χ0v) is 12.3. The van der Waals surface area contributed by atoms with Gasteiger partial charge < -0.3 is 15.3 Å². The van der Waals surface area contributed by atoms with E-state index in [1.165, 1.54) is 6.07 Å². The summed E-state index contributed by atoms with van der Waals surface area (Å²) in [6, 6.07) is 5.45. The van der Waals surface area contributed by atoms with Gasteiger partial charge in [0.05, 0.1) is 6.10 Å². The van der Waals surface area contributed by atoms with Crippen LogP contribution in [0.4, 0.5) is 10.1 Å². The maximum Gasteiger partial charge on any atom is 0.129 e. The van der Waals surface area contributed by atoms with Crippen molar-refractivity contribution in [3.05, 3.63) is 29.6 Å². The first kappa shape index (κ1) is 15.9. The van der Waals surface area contributed by atoms with Gasteiger partial charge in [-0.1, -0.05) is 19.9 Å². The lowest BCUT2D eigenvalue weighted by molar-refractivity contribution is 0.187. The van der Waals surface area contributed by atoms with Crippen molar-refractivity contribution in [3.63, 3.8) is 0 Å². The van der Waals surface area contributed by atoms with Gasteiger partial charge in [0.1, 0.15) is 5.82 Å². The molecule has 3 nitrogen and oxygen atoms in total. The molecule has 0 amide bonds. The second-order valence-corrected chi connectivity index (χ2v) is 5.33. The van der Waals surface area contributed by atoms with E-state index in [4.69, 9.17) is 0 Å². The summed E-state index contributed by atoms with van der Waals surface area (Å²) < 4.78 is 13.9. The fourth-order valence-electron chi connectivity index (χ4n) is 1.89. The van der Waals surface area contributed by atoms with Gasteiger partial charge in [0.2, 0.25) is 0 Å². The van der Waals surface area contributed by atoms with Gasteiger partial charge in [-0.25, -0.2) is 4.39 Å². The van der Waals surface area contributed by atoms with Crippen molar-refractivity contribution in [1.29, 1.82) is 0 Å². The lowest BCUT2D eigenvalue weighted by Crippen LogP contribution is -2.27. The molecule has 4 heteroatoms. The SMILES string of the molecule is CC(O)CCN(C)c1cccc(F)c1CNC(C)C. The Hall–Kier alpha value is -1.13. The molecule has 1 aromatic rings. The van der Waals surface area contributed by atoms with Crippen LogP contribution in [0, 0.1) is 5.82 Å². The van der Waals surface area contributed by atoms with Crippen molar-refractivity contribution in [2.45, 2.75) is 45.9 Å². The number of anilines is 1. The molecule has 1 aromatic carbocycles. The number of nitrogens with zero attached hydrogens (tertiary/aromatic N) is 1. The van der Waals surface area contributed by atoms with Crippen molar-refractivity contribution in [2.24, 2.45) is 0 Å². The number of rotatable bonds is 7. The zero-order valence-electron chi connectivity index (χ0n) is 12.3. The van der Waals surface area contributed by atoms with Crippen molar-refractivity contribution >= 4 is 5.69 Å². The summed E-state index contributed by atoms with van der Waals surface area (Å²) in [6.07, 6.45) is 0.331. The van der Waals surface area contributed by atoms with E-state index in [2.05, 4.69) is 5.32 Å². The highest BCUT2D eigenvalue weighted by Gasteiger charge is 2.12. The molecule has 0 saturated heterocycles. The van der Waals surface area contributed by atoms with Crippen molar-refractivity contribution in [3.8, 4) is 0 Å². The lowest BCUT2D eigenvalue weighted by atomic mass is 10.1. The number of hydrogen-bond acceptors (Lipinski definition) is 3. The van der Waals surface area contributed by atoms with Crippen LogP contribution in [0.1, 0.15) is 32.8 Å². The third-order valence-corrected chi connectivity index (χ3v) is 3.07. The van der Waals surface area contributed by atoms with Crippen LogP contribution in [0.5, 0.6) is 0 Å². The molecule has 0 fully saturated rings. The highest BCUT2D eigenvalue weighted by Crippen LogP contribution is 2.22. The lowest BCUT2D eigenvalue weighted by Gasteiger charge is -2.24. The molecule has 1 atom stereocenters. The van der Waals surface area contributed by atoms with Crippen molar-refractivity contribution < 1.29 is 9.50 Å². The van der Waals surface area contributed by atoms with E-state index in [1.54, 1.807) is 13.0 Å². The number of nitrogens with one attached hydrogen (secondary N) is 1. The summed E-state index contributed by atoms with van der Waals surface area (Å²) in [7, 11) is 1.93. The van der Waals surface area contributed by atoms with Crippen molar-refractivity contribution in [2.75, 3.05) is 18.5 Å². The Balaban J connectivity index is 2.83. The van der Waals surface area contributed by atoms with E-state index < -0.39 is 0 Å². The third-order valence-electron chi connectivity index (χ3n) is 3.07. The fourth-order valence-corrected chi connectivity index (χ4v) is 1.89. The molecule has 0 saturated carbocycles. The summed E-state index contributed by atoms with van der Waals surface area (Å²) in [6.45, 7) is 7.06. The smallest absolute Gasteiger partial charge is 0.129 e. The van der Waals surface area contributed by atoms with Crippen LogP contribution in [0.25, 0.3) is 0 Å². The van der Waals surface area contributed by atoms with E-state index in [0.717, 1.165) is 5.69 Å². The zero-order chi connectivity index (χ0) is 14.4. The molecule has 0 spiro atoms. The van der Waals surface area contributed by atoms with Crippen LogP contribution in [0.3, 0.4) is 0 Å². The standard InChI is InChI=1S/C15H25FN2O/c1-11(2)17-10-13-14(16)6-5-7-15(13)18(4)9-8-12(3)19/h5-7,11-12,17,19H,8-10H2,1-4H3. The molecule has 1 rings (SSSR count). The molecular weight excluding hydrogens is 243 g/mol. The Kier molecular flexibility index (Phi) is 6.25. The minimum atomic E-state index is -0.340. The summed E-state index contributed by atoms with van der Waals surface area (Å²) in [5, 5.41) is 12.6. The van der Waals surface area contributed by atoms with Gasteiger partial charge in [-0.05, 0) is 25.5 Å². The van der Waals surface area contributed by atoms with Gasteiger partial charge in [-0.15, -0.1) is 0 Å². The minimum Gasteiger partial charge on any atom is -0.393 e. The van der Waals surface area contributed by atoms with E-state index in [-0.39, 0.29) is 11.9 Å². The van der Waals surface area contributed by atoms with Crippen LogP contribution >= 0.6 is 0 Å². The van der Waals surface area contributed by atoms with Crippen LogP contribution in [-0.4, -0.2) is 30.8 Å². The Labute approximate surface area is 115 Å². The van der Waals surface area contributed by atoms with E-state index in [9.17, 15) is 9.50 Å². The Morgan fingerprint density at radius 1 is 1.32 bits per heavy atom. The Morgan fingerprint density at radius 3 is 2.58 bits per heavy atom. The second-order valence-electron chi connectivity index (χ2n) is 5.33. The second kappa shape index (κ2) is 7.46. The maximum atomic E-state index is 13.9. The van der Waals surface area contributed by atoms with Gasteiger partial charge >= 0.3 is 0 Å². The van der Waals surface area contributed by atoms with Gasteiger partial charge in [-0.2, -0.15) is 0 Å². The normalized spacial score (nSPS) is 12.8. The molecule has 2 N–H and O–H groups in total. The van der Waals surface area contributed by atoms with Gasteiger partial charge in [-0.3, -0.25) is 0 Å².